The van der Waals surface area contributed by atoms with Crippen molar-refractivity contribution >= 4 is 23.2 Å². The van der Waals surface area contributed by atoms with Crippen molar-refractivity contribution in [1.29, 1.82) is 0 Å². The van der Waals surface area contributed by atoms with E-state index >= 15 is 0 Å². The summed E-state index contributed by atoms with van der Waals surface area (Å²) in [5, 5.41) is 1.37. The second kappa shape index (κ2) is 5.60. The van der Waals surface area contributed by atoms with E-state index < -0.39 is 0 Å². The highest BCUT2D eigenvalue weighted by molar-refractivity contribution is 6.42. The predicted octanol–water partition coefficient (Wildman–Crippen LogP) is 4.47. The quantitative estimate of drug-likeness (QED) is 0.844. The smallest absolute Gasteiger partial charge is 0.0627 e. The molecule has 1 aliphatic rings. The van der Waals surface area contributed by atoms with E-state index in [1.165, 1.54) is 24.8 Å². The number of rotatable bonds is 2. The fraction of sp³-hybridized carbons (Fsp3) is 0.571. The summed E-state index contributed by atoms with van der Waals surface area (Å²) >= 11 is 12.4. The van der Waals surface area contributed by atoms with Crippen molar-refractivity contribution in [3.8, 4) is 0 Å². The van der Waals surface area contributed by atoms with Gasteiger partial charge in [-0.3, -0.25) is 0 Å². The average molecular weight is 272 g/mol. The highest BCUT2D eigenvalue weighted by Gasteiger charge is 2.30. The van der Waals surface area contributed by atoms with Gasteiger partial charge in [-0.25, -0.2) is 0 Å². The lowest BCUT2D eigenvalue weighted by atomic mass is 9.71. The van der Waals surface area contributed by atoms with Crippen LogP contribution in [0, 0.1) is 11.8 Å². The molecule has 0 radical (unpaired) electrons. The maximum absolute atomic E-state index is 6.32. The van der Waals surface area contributed by atoms with Crippen molar-refractivity contribution in [2.75, 3.05) is 6.54 Å². The van der Waals surface area contributed by atoms with E-state index in [0.29, 0.717) is 21.9 Å². The van der Waals surface area contributed by atoms with E-state index in [1.54, 1.807) is 0 Å². The van der Waals surface area contributed by atoms with Crippen LogP contribution in [0.4, 0.5) is 0 Å². The van der Waals surface area contributed by atoms with Crippen molar-refractivity contribution in [3.05, 3.63) is 33.8 Å². The summed E-state index contributed by atoms with van der Waals surface area (Å²) in [6.45, 7) is 3.04. The summed E-state index contributed by atoms with van der Waals surface area (Å²) in [6.07, 6.45) is 3.64. The standard InChI is InChI=1S/C14H19Cl2N/c1-9-5-6-10(8-17)12(7-9)11-3-2-4-13(15)14(11)16/h2-4,9-10,12H,5-8,17H2,1H3. The molecule has 3 heteroatoms. The molecule has 0 aromatic heterocycles. The Kier molecular flexibility index (Phi) is 4.35. The van der Waals surface area contributed by atoms with Crippen molar-refractivity contribution < 1.29 is 0 Å². The highest BCUT2D eigenvalue weighted by atomic mass is 35.5. The van der Waals surface area contributed by atoms with Crippen molar-refractivity contribution in [1.82, 2.24) is 0 Å². The summed E-state index contributed by atoms with van der Waals surface area (Å²) in [4.78, 5) is 0. The third kappa shape index (κ3) is 2.78. The first kappa shape index (κ1) is 13.2. The maximum atomic E-state index is 6.32. The molecule has 94 valence electrons. The number of halogens is 2. The van der Waals surface area contributed by atoms with Crippen LogP contribution in [0.2, 0.25) is 10.0 Å². The van der Waals surface area contributed by atoms with E-state index in [4.69, 9.17) is 28.9 Å². The van der Waals surface area contributed by atoms with Gasteiger partial charge in [0.05, 0.1) is 10.0 Å². The van der Waals surface area contributed by atoms with Crippen LogP contribution in [-0.4, -0.2) is 6.54 Å². The summed E-state index contributed by atoms with van der Waals surface area (Å²) in [5.74, 6) is 1.76. The van der Waals surface area contributed by atoms with Crippen LogP contribution in [0.3, 0.4) is 0 Å². The van der Waals surface area contributed by atoms with E-state index in [-0.39, 0.29) is 0 Å². The second-order valence-electron chi connectivity index (χ2n) is 5.16. The number of hydrogen-bond acceptors (Lipinski definition) is 1. The third-order valence-electron chi connectivity index (χ3n) is 3.94. The third-order valence-corrected chi connectivity index (χ3v) is 4.77. The Morgan fingerprint density at radius 1 is 1.29 bits per heavy atom. The minimum absolute atomic E-state index is 0.468. The van der Waals surface area contributed by atoms with Gasteiger partial charge in [0.1, 0.15) is 0 Å². The molecule has 1 nitrogen and oxygen atoms in total. The molecule has 0 aliphatic heterocycles. The lowest BCUT2D eigenvalue weighted by molar-refractivity contribution is 0.254. The molecule has 1 fully saturated rings. The van der Waals surface area contributed by atoms with Crippen LogP contribution in [0.15, 0.2) is 18.2 Å². The first-order valence-electron chi connectivity index (χ1n) is 6.27. The lowest BCUT2D eigenvalue weighted by Crippen LogP contribution is -2.28. The zero-order chi connectivity index (χ0) is 12.4. The molecule has 2 N–H and O–H groups in total. The van der Waals surface area contributed by atoms with Crippen LogP contribution < -0.4 is 5.73 Å². The fourth-order valence-electron chi connectivity index (χ4n) is 2.91. The first-order chi connectivity index (χ1) is 8.13. The molecule has 0 spiro atoms. The molecule has 17 heavy (non-hydrogen) atoms. The van der Waals surface area contributed by atoms with Crippen molar-refractivity contribution in [2.24, 2.45) is 17.6 Å². The van der Waals surface area contributed by atoms with Gasteiger partial charge < -0.3 is 5.73 Å². The van der Waals surface area contributed by atoms with Gasteiger partial charge in [-0.15, -0.1) is 0 Å². The predicted molar refractivity (Wildman–Crippen MR) is 74.8 cm³/mol. The lowest BCUT2D eigenvalue weighted by Gasteiger charge is -2.35. The molecule has 0 saturated heterocycles. The molecule has 1 aromatic rings. The Morgan fingerprint density at radius 3 is 2.76 bits per heavy atom. The SMILES string of the molecule is CC1CCC(CN)C(c2cccc(Cl)c2Cl)C1. The number of benzene rings is 1. The molecular weight excluding hydrogens is 253 g/mol. The Morgan fingerprint density at radius 2 is 2.06 bits per heavy atom. The maximum Gasteiger partial charge on any atom is 0.0627 e. The van der Waals surface area contributed by atoms with Crippen LogP contribution in [0.25, 0.3) is 0 Å². The van der Waals surface area contributed by atoms with Gasteiger partial charge in [0, 0.05) is 0 Å². The zero-order valence-electron chi connectivity index (χ0n) is 10.1. The summed E-state index contributed by atoms with van der Waals surface area (Å²) in [7, 11) is 0. The number of hydrogen-bond donors (Lipinski definition) is 1. The van der Waals surface area contributed by atoms with E-state index in [1.807, 2.05) is 12.1 Å². The van der Waals surface area contributed by atoms with Gasteiger partial charge in [-0.2, -0.15) is 0 Å². The molecule has 0 heterocycles. The van der Waals surface area contributed by atoms with Gasteiger partial charge in [0.15, 0.2) is 0 Å². The van der Waals surface area contributed by atoms with Gasteiger partial charge in [0.25, 0.3) is 0 Å². The average Bonchev–Trinajstić information content (AvgIpc) is 2.33. The van der Waals surface area contributed by atoms with Gasteiger partial charge >= 0.3 is 0 Å². The van der Waals surface area contributed by atoms with Crippen molar-refractivity contribution in [2.45, 2.75) is 32.1 Å². The highest BCUT2D eigenvalue weighted by Crippen LogP contribution is 2.43. The normalized spacial score (nSPS) is 29.3. The molecule has 0 amide bonds. The summed E-state index contributed by atoms with van der Waals surface area (Å²) < 4.78 is 0. The van der Waals surface area contributed by atoms with Crippen LogP contribution in [0.5, 0.6) is 0 Å². The molecule has 0 bridgehead atoms. The summed E-state index contributed by atoms with van der Waals surface area (Å²) in [6, 6.07) is 5.92. The molecule has 1 aliphatic carbocycles. The zero-order valence-corrected chi connectivity index (χ0v) is 11.6. The Hall–Kier alpha value is -0.240. The monoisotopic (exact) mass is 271 g/mol. The Bertz CT molecular complexity index is 392. The number of nitrogens with two attached hydrogens (primary N) is 1. The van der Waals surface area contributed by atoms with Crippen LogP contribution in [-0.2, 0) is 0 Å². The first-order valence-corrected chi connectivity index (χ1v) is 7.03. The molecular formula is C14H19Cl2N. The van der Waals surface area contributed by atoms with Gasteiger partial charge in [0.2, 0.25) is 0 Å². The topological polar surface area (TPSA) is 26.0 Å². The molecule has 1 aromatic carbocycles. The minimum Gasteiger partial charge on any atom is -0.330 e. The van der Waals surface area contributed by atoms with Crippen molar-refractivity contribution in [3.63, 3.8) is 0 Å². The van der Waals surface area contributed by atoms with Gasteiger partial charge in [-0.1, -0.05) is 48.7 Å². The Labute approximate surface area is 113 Å². The molecule has 1 saturated carbocycles. The largest absolute Gasteiger partial charge is 0.330 e. The molecule has 2 rings (SSSR count). The van der Waals surface area contributed by atoms with Gasteiger partial charge in [-0.05, 0) is 48.8 Å². The van der Waals surface area contributed by atoms with Crippen LogP contribution in [0.1, 0.15) is 37.7 Å². The fourth-order valence-corrected chi connectivity index (χ4v) is 3.36. The van der Waals surface area contributed by atoms with E-state index in [0.717, 1.165) is 12.5 Å². The minimum atomic E-state index is 0.468. The van der Waals surface area contributed by atoms with Crippen LogP contribution >= 0.6 is 23.2 Å². The molecule has 3 atom stereocenters. The summed E-state index contributed by atoms with van der Waals surface area (Å²) in [5.41, 5.74) is 7.07. The van der Waals surface area contributed by atoms with E-state index in [2.05, 4.69) is 13.0 Å². The van der Waals surface area contributed by atoms with E-state index in [9.17, 15) is 0 Å². The molecule has 3 unspecified atom stereocenters. The Balaban J connectivity index is 2.32. The second-order valence-corrected chi connectivity index (χ2v) is 5.95.